The summed E-state index contributed by atoms with van der Waals surface area (Å²) in [4.78, 5) is 17.8. The van der Waals surface area contributed by atoms with Gasteiger partial charge in [0.1, 0.15) is 11.6 Å². The molecular weight excluding hydrogens is 390 g/mol. The molecule has 0 atom stereocenters. The largest absolute Gasteiger partial charge is 0.340 e. The molecule has 4 rings (SSSR count). The molecule has 2 heterocycles. The second kappa shape index (κ2) is 8.84. The van der Waals surface area contributed by atoms with Crippen LogP contribution in [0.2, 0.25) is 0 Å². The Labute approximate surface area is 173 Å². The van der Waals surface area contributed by atoms with Gasteiger partial charge in [-0.05, 0) is 46.8 Å². The molecule has 1 aliphatic rings. The van der Waals surface area contributed by atoms with Gasteiger partial charge in [-0.1, -0.05) is 30.3 Å². The van der Waals surface area contributed by atoms with Crippen molar-refractivity contribution in [2.45, 2.75) is 12.5 Å². The van der Waals surface area contributed by atoms with Gasteiger partial charge in [0.2, 0.25) is 5.91 Å². The van der Waals surface area contributed by atoms with Gasteiger partial charge in [0.05, 0.1) is 12.5 Å². The first-order valence-corrected chi connectivity index (χ1v) is 10.5. The summed E-state index contributed by atoms with van der Waals surface area (Å²) in [6.07, 6.45) is 0.441. The molecule has 0 bridgehead atoms. The highest BCUT2D eigenvalue weighted by Gasteiger charge is 2.28. The Bertz CT molecular complexity index is 889. The van der Waals surface area contributed by atoms with E-state index in [1.165, 1.54) is 24.3 Å². The van der Waals surface area contributed by atoms with E-state index in [4.69, 9.17) is 0 Å². The van der Waals surface area contributed by atoms with Gasteiger partial charge in [0.25, 0.3) is 0 Å². The lowest BCUT2D eigenvalue weighted by Gasteiger charge is -2.39. The highest BCUT2D eigenvalue weighted by molar-refractivity contribution is 7.10. The molecule has 2 aromatic carbocycles. The average Bonchev–Trinajstić information content (AvgIpc) is 3.24. The highest BCUT2D eigenvalue weighted by atomic mass is 32.1. The summed E-state index contributed by atoms with van der Waals surface area (Å²) in [5, 5.41) is 1.98. The molecule has 29 heavy (non-hydrogen) atoms. The van der Waals surface area contributed by atoms with E-state index in [-0.39, 0.29) is 23.6 Å². The molecule has 6 heteroatoms. The topological polar surface area (TPSA) is 23.6 Å². The van der Waals surface area contributed by atoms with Crippen molar-refractivity contribution < 1.29 is 13.6 Å². The van der Waals surface area contributed by atoms with Gasteiger partial charge >= 0.3 is 0 Å². The predicted molar refractivity (Wildman–Crippen MR) is 111 cm³/mol. The van der Waals surface area contributed by atoms with Crippen LogP contribution in [0.25, 0.3) is 0 Å². The van der Waals surface area contributed by atoms with Crippen LogP contribution in [0.4, 0.5) is 8.78 Å². The van der Waals surface area contributed by atoms with Crippen molar-refractivity contribution in [3.8, 4) is 0 Å². The average molecular weight is 413 g/mol. The van der Waals surface area contributed by atoms with Crippen LogP contribution in [0, 0.1) is 11.6 Å². The fourth-order valence-corrected chi connectivity index (χ4v) is 4.50. The molecular formula is C23H22F2N2OS. The number of nitrogens with zero attached hydrogens (tertiary/aromatic N) is 2. The molecule has 0 unspecified atom stereocenters. The minimum atomic E-state index is -0.282. The van der Waals surface area contributed by atoms with Gasteiger partial charge in [0, 0.05) is 31.1 Å². The molecule has 0 N–H and O–H groups in total. The lowest BCUT2D eigenvalue weighted by molar-refractivity contribution is -0.132. The van der Waals surface area contributed by atoms with Crippen LogP contribution in [-0.2, 0) is 11.2 Å². The number of thiophene rings is 1. The van der Waals surface area contributed by atoms with Crippen LogP contribution in [0.15, 0.2) is 66.0 Å². The van der Waals surface area contributed by atoms with E-state index in [0.717, 1.165) is 16.0 Å². The Morgan fingerprint density at radius 3 is 1.90 bits per heavy atom. The predicted octanol–water partition coefficient (Wildman–Crippen LogP) is 4.50. The van der Waals surface area contributed by atoms with Gasteiger partial charge in [-0.2, -0.15) is 0 Å². The molecule has 1 saturated heterocycles. The minimum absolute atomic E-state index is 0.106. The number of amides is 1. The first-order valence-electron chi connectivity index (χ1n) is 9.65. The molecule has 0 saturated carbocycles. The zero-order valence-electron chi connectivity index (χ0n) is 15.9. The SMILES string of the molecule is O=C(Cc1cccs1)N1CCN(C(c2ccc(F)cc2)c2ccc(F)cc2)CC1. The summed E-state index contributed by atoms with van der Waals surface area (Å²) in [5.74, 6) is -0.418. The van der Waals surface area contributed by atoms with Gasteiger partial charge in [0.15, 0.2) is 0 Å². The van der Waals surface area contributed by atoms with Crippen LogP contribution in [-0.4, -0.2) is 41.9 Å². The van der Waals surface area contributed by atoms with E-state index in [1.807, 2.05) is 22.4 Å². The van der Waals surface area contributed by atoms with E-state index >= 15 is 0 Å². The quantitative estimate of drug-likeness (QED) is 0.616. The normalized spacial score (nSPS) is 15.1. The molecule has 3 aromatic rings. The maximum Gasteiger partial charge on any atom is 0.227 e. The van der Waals surface area contributed by atoms with Crippen LogP contribution < -0.4 is 0 Å². The lowest BCUT2D eigenvalue weighted by Crippen LogP contribution is -2.50. The number of piperazine rings is 1. The number of carbonyl (C=O) groups excluding carboxylic acids is 1. The smallest absolute Gasteiger partial charge is 0.227 e. The zero-order chi connectivity index (χ0) is 20.2. The molecule has 0 radical (unpaired) electrons. The Hall–Kier alpha value is -2.57. The number of hydrogen-bond acceptors (Lipinski definition) is 3. The Morgan fingerprint density at radius 2 is 1.41 bits per heavy atom. The monoisotopic (exact) mass is 412 g/mol. The van der Waals surface area contributed by atoms with Gasteiger partial charge in [-0.15, -0.1) is 11.3 Å². The van der Waals surface area contributed by atoms with Crippen LogP contribution >= 0.6 is 11.3 Å². The highest BCUT2D eigenvalue weighted by Crippen LogP contribution is 2.30. The van der Waals surface area contributed by atoms with Gasteiger partial charge in [-0.25, -0.2) is 8.78 Å². The van der Waals surface area contributed by atoms with E-state index < -0.39 is 0 Å². The third kappa shape index (κ3) is 4.71. The van der Waals surface area contributed by atoms with E-state index in [0.29, 0.717) is 32.6 Å². The fraction of sp³-hybridized carbons (Fsp3) is 0.261. The maximum atomic E-state index is 13.4. The molecule has 1 fully saturated rings. The summed E-state index contributed by atoms with van der Waals surface area (Å²) in [5.41, 5.74) is 1.91. The Kier molecular flexibility index (Phi) is 6.02. The first-order chi connectivity index (χ1) is 14.1. The molecule has 0 spiro atoms. The van der Waals surface area contributed by atoms with Crippen LogP contribution in [0.1, 0.15) is 22.0 Å². The van der Waals surface area contributed by atoms with Crippen LogP contribution in [0.3, 0.4) is 0 Å². The molecule has 3 nitrogen and oxygen atoms in total. The Balaban J connectivity index is 1.49. The van der Waals surface area contributed by atoms with Crippen molar-refractivity contribution in [1.82, 2.24) is 9.80 Å². The zero-order valence-corrected chi connectivity index (χ0v) is 16.7. The van der Waals surface area contributed by atoms with Crippen molar-refractivity contribution in [3.63, 3.8) is 0 Å². The van der Waals surface area contributed by atoms with Crippen molar-refractivity contribution in [1.29, 1.82) is 0 Å². The number of benzene rings is 2. The Morgan fingerprint density at radius 1 is 0.862 bits per heavy atom. The summed E-state index contributed by atoms with van der Waals surface area (Å²) >= 11 is 1.60. The third-order valence-electron chi connectivity index (χ3n) is 5.31. The third-order valence-corrected chi connectivity index (χ3v) is 6.19. The first kappa shape index (κ1) is 19.7. The van der Waals surface area contributed by atoms with E-state index in [9.17, 15) is 13.6 Å². The fourth-order valence-electron chi connectivity index (χ4n) is 3.81. The minimum Gasteiger partial charge on any atom is -0.340 e. The summed E-state index contributed by atoms with van der Waals surface area (Å²) < 4.78 is 26.9. The standard InChI is InChI=1S/C23H22F2N2OS/c24-19-7-3-17(4-8-19)23(18-5-9-20(25)10-6-18)27-13-11-26(12-14-27)22(28)16-21-2-1-15-29-21/h1-10,15,23H,11-14,16H2. The van der Waals surface area contributed by atoms with Gasteiger partial charge < -0.3 is 4.90 Å². The second-order valence-corrected chi connectivity index (χ2v) is 8.21. The number of carbonyl (C=O) groups is 1. The molecule has 150 valence electrons. The van der Waals surface area contributed by atoms with Crippen molar-refractivity contribution >= 4 is 17.2 Å². The summed E-state index contributed by atoms with van der Waals surface area (Å²) in [7, 11) is 0. The lowest BCUT2D eigenvalue weighted by atomic mass is 9.96. The molecule has 1 aromatic heterocycles. The summed E-state index contributed by atoms with van der Waals surface area (Å²) in [6, 6.07) is 16.7. The van der Waals surface area contributed by atoms with Gasteiger partial charge in [-0.3, -0.25) is 9.69 Å². The summed E-state index contributed by atoms with van der Waals surface area (Å²) in [6.45, 7) is 2.69. The molecule has 1 amide bonds. The number of halogens is 2. The second-order valence-electron chi connectivity index (χ2n) is 7.18. The van der Waals surface area contributed by atoms with Crippen molar-refractivity contribution in [3.05, 3.63) is 93.7 Å². The maximum absolute atomic E-state index is 13.4. The van der Waals surface area contributed by atoms with Crippen LogP contribution in [0.5, 0.6) is 0 Å². The number of hydrogen-bond donors (Lipinski definition) is 0. The number of rotatable bonds is 5. The molecule has 1 aliphatic heterocycles. The van der Waals surface area contributed by atoms with E-state index in [2.05, 4.69) is 4.90 Å². The van der Waals surface area contributed by atoms with Crippen molar-refractivity contribution in [2.24, 2.45) is 0 Å². The van der Waals surface area contributed by atoms with E-state index in [1.54, 1.807) is 35.6 Å². The molecule has 0 aliphatic carbocycles. The van der Waals surface area contributed by atoms with Crippen molar-refractivity contribution in [2.75, 3.05) is 26.2 Å².